The van der Waals surface area contributed by atoms with E-state index in [1.54, 1.807) is 0 Å². The first-order valence-electron chi connectivity index (χ1n) is 23.6. The first-order chi connectivity index (χ1) is 33.1. The van der Waals surface area contributed by atoms with Gasteiger partial charge in [-0.2, -0.15) is 0 Å². The van der Waals surface area contributed by atoms with E-state index in [9.17, 15) is 0 Å². The van der Waals surface area contributed by atoms with Crippen molar-refractivity contribution >= 4 is 92.3 Å². The molecule has 0 fully saturated rings. The lowest BCUT2D eigenvalue weighted by Gasteiger charge is -2.17. The van der Waals surface area contributed by atoms with E-state index in [0.29, 0.717) is 0 Å². The fraction of sp³-hybridized carbons (Fsp3) is 0.0448. The van der Waals surface area contributed by atoms with E-state index >= 15 is 0 Å². The predicted octanol–water partition coefficient (Wildman–Crippen LogP) is 18.9. The highest BCUT2D eigenvalue weighted by Crippen LogP contribution is 2.41. The summed E-state index contributed by atoms with van der Waals surface area (Å²) in [5.41, 5.74) is 11.7. The highest BCUT2D eigenvalue weighted by molar-refractivity contribution is 6.17. The van der Waals surface area contributed by atoms with Gasteiger partial charge in [-0.1, -0.05) is 200 Å². The molecule has 0 heterocycles. The molecule has 0 amide bonds. The SMILES string of the molecule is C1=Cc2c(ccc3c2cc(-c2ccc4cc(-c5ccc6cc(-c7cc8ccccc8c8ccccc78)ccc6c5)ccc4c2)c2ccccc23)CC1.Cc1cccc2c1ccc1ccccc12. The van der Waals surface area contributed by atoms with Crippen molar-refractivity contribution in [2.24, 2.45) is 0 Å². The normalized spacial score (nSPS) is 12.4. The minimum absolute atomic E-state index is 1.11. The van der Waals surface area contributed by atoms with Crippen LogP contribution in [0.5, 0.6) is 0 Å². The smallest absolute Gasteiger partial charge is 0.00961 e. The molecule has 0 radical (unpaired) electrons. The maximum atomic E-state index is 2.44. The molecule has 0 aliphatic heterocycles. The monoisotopic (exact) mass is 850 g/mol. The van der Waals surface area contributed by atoms with Gasteiger partial charge in [0.1, 0.15) is 0 Å². The van der Waals surface area contributed by atoms with E-state index in [1.165, 1.54) is 136 Å². The summed E-state index contributed by atoms with van der Waals surface area (Å²) in [5, 5.41) is 20.9. The molecule has 13 aromatic rings. The van der Waals surface area contributed by atoms with Crippen molar-refractivity contribution in [2.75, 3.05) is 0 Å². The summed E-state index contributed by atoms with van der Waals surface area (Å²) in [7, 11) is 0. The van der Waals surface area contributed by atoms with E-state index in [1.807, 2.05) is 0 Å². The van der Waals surface area contributed by atoms with E-state index in [4.69, 9.17) is 0 Å². The average Bonchev–Trinajstić information content (AvgIpc) is 3.40. The van der Waals surface area contributed by atoms with Crippen LogP contribution >= 0.6 is 0 Å². The van der Waals surface area contributed by atoms with Crippen LogP contribution in [0.2, 0.25) is 0 Å². The van der Waals surface area contributed by atoms with Crippen molar-refractivity contribution in [2.45, 2.75) is 19.8 Å². The van der Waals surface area contributed by atoms with Crippen molar-refractivity contribution in [3.63, 3.8) is 0 Å². The number of hydrogen-bond donors (Lipinski definition) is 0. The van der Waals surface area contributed by atoms with E-state index in [-0.39, 0.29) is 0 Å². The zero-order valence-corrected chi connectivity index (χ0v) is 37.4. The van der Waals surface area contributed by atoms with Gasteiger partial charge in [0, 0.05) is 0 Å². The van der Waals surface area contributed by atoms with Gasteiger partial charge in [0.25, 0.3) is 0 Å². The van der Waals surface area contributed by atoms with E-state index < -0.39 is 0 Å². The number of rotatable bonds is 3. The van der Waals surface area contributed by atoms with Crippen LogP contribution in [0, 0.1) is 6.92 Å². The third-order valence-corrected chi connectivity index (χ3v) is 14.4. The molecule has 0 saturated heterocycles. The average molecular weight is 851 g/mol. The molecule has 0 unspecified atom stereocenters. The van der Waals surface area contributed by atoms with Crippen LogP contribution in [0.3, 0.4) is 0 Å². The van der Waals surface area contributed by atoms with E-state index in [0.717, 1.165) is 12.8 Å². The first kappa shape index (κ1) is 39.1. The largest absolute Gasteiger partial charge is 0.0836 e. The molecule has 67 heavy (non-hydrogen) atoms. The Morgan fingerprint density at radius 3 is 1.39 bits per heavy atom. The summed E-state index contributed by atoms with van der Waals surface area (Å²) in [5.74, 6) is 0. The lowest BCUT2D eigenvalue weighted by Crippen LogP contribution is -1.96. The minimum Gasteiger partial charge on any atom is -0.0836 e. The number of benzene rings is 13. The second-order valence-electron chi connectivity index (χ2n) is 18.3. The molecule has 0 saturated carbocycles. The van der Waals surface area contributed by atoms with Gasteiger partial charge in [-0.15, -0.1) is 0 Å². The van der Waals surface area contributed by atoms with Crippen molar-refractivity contribution in [1.82, 2.24) is 0 Å². The van der Waals surface area contributed by atoms with Crippen LogP contribution < -0.4 is 0 Å². The zero-order valence-electron chi connectivity index (χ0n) is 37.4. The predicted molar refractivity (Wildman–Crippen MR) is 291 cm³/mol. The second kappa shape index (κ2) is 16.0. The third-order valence-electron chi connectivity index (χ3n) is 14.4. The van der Waals surface area contributed by atoms with Gasteiger partial charge in [0.15, 0.2) is 0 Å². The highest BCUT2D eigenvalue weighted by atomic mass is 14.2. The number of hydrogen-bond acceptors (Lipinski definition) is 0. The first-order valence-corrected chi connectivity index (χ1v) is 23.6. The lowest BCUT2D eigenvalue weighted by atomic mass is 9.87. The topological polar surface area (TPSA) is 0 Å². The molecule has 0 aromatic heterocycles. The summed E-state index contributed by atoms with van der Waals surface area (Å²) in [6.45, 7) is 2.16. The molecule has 314 valence electrons. The van der Waals surface area contributed by atoms with Crippen molar-refractivity contribution < 1.29 is 0 Å². The molecule has 1 aliphatic rings. The van der Waals surface area contributed by atoms with Crippen molar-refractivity contribution in [3.8, 4) is 33.4 Å². The minimum atomic E-state index is 1.11. The molecule has 0 heteroatoms. The Labute approximate surface area is 390 Å². The Morgan fingerprint density at radius 2 is 0.731 bits per heavy atom. The molecular formula is C67H46. The zero-order chi connectivity index (χ0) is 44.4. The summed E-state index contributed by atoms with van der Waals surface area (Å²) in [4.78, 5) is 0. The Morgan fingerprint density at radius 1 is 0.284 bits per heavy atom. The fourth-order valence-corrected chi connectivity index (χ4v) is 11.0. The van der Waals surface area contributed by atoms with Crippen LogP contribution in [0.15, 0.2) is 231 Å². The van der Waals surface area contributed by atoms with Crippen LogP contribution in [0.4, 0.5) is 0 Å². The molecular weight excluding hydrogens is 805 g/mol. The molecule has 0 atom stereocenters. The van der Waals surface area contributed by atoms with Crippen LogP contribution in [0.1, 0.15) is 23.1 Å². The van der Waals surface area contributed by atoms with Gasteiger partial charge in [-0.25, -0.2) is 0 Å². The molecule has 0 bridgehead atoms. The van der Waals surface area contributed by atoms with Gasteiger partial charge >= 0.3 is 0 Å². The number of allylic oxidation sites excluding steroid dienone is 1. The summed E-state index contributed by atoms with van der Waals surface area (Å²) in [6.07, 6.45) is 6.89. The maximum absolute atomic E-state index is 2.44. The van der Waals surface area contributed by atoms with Crippen LogP contribution in [0.25, 0.3) is 126 Å². The Balaban J connectivity index is 0.000000252. The number of aryl methyl sites for hydroxylation is 2. The number of fused-ring (bicyclic) bond motifs is 13. The molecule has 1 aliphatic carbocycles. The van der Waals surface area contributed by atoms with Crippen molar-refractivity contribution in [1.29, 1.82) is 0 Å². The molecule has 14 rings (SSSR count). The van der Waals surface area contributed by atoms with Crippen LogP contribution in [-0.4, -0.2) is 0 Å². The quantitative estimate of drug-likeness (QED) is 0.155. The highest BCUT2D eigenvalue weighted by Gasteiger charge is 2.15. The van der Waals surface area contributed by atoms with E-state index in [2.05, 4.69) is 244 Å². The van der Waals surface area contributed by atoms with Gasteiger partial charge < -0.3 is 0 Å². The Bertz CT molecular complexity index is 4160. The van der Waals surface area contributed by atoms with Gasteiger partial charge in [0.2, 0.25) is 0 Å². The summed E-state index contributed by atoms with van der Waals surface area (Å²) in [6, 6.07) is 83.0. The third kappa shape index (κ3) is 6.76. The van der Waals surface area contributed by atoms with Gasteiger partial charge in [0.05, 0.1) is 0 Å². The Hall–Kier alpha value is -8.32. The summed E-state index contributed by atoms with van der Waals surface area (Å²) < 4.78 is 0. The van der Waals surface area contributed by atoms with Crippen molar-refractivity contribution in [3.05, 3.63) is 247 Å². The Kier molecular flexibility index (Phi) is 9.32. The molecule has 13 aromatic carbocycles. The van der Waals surface area contributed by atoms with Gasteiger partial charge in [-0.3, -0.25) is 0 Å². The van der Waals surface area contributed by atoms with Crippen LogP contribution in [-0.2, 0) is 6.42 Å². The lowest BCUT2D eigenvalue weighted by molar-refractivity contribution is 0.990. The molecule has 0 nitrogen and oxygen atoms in total. The fourth-order valence-electron chi connectivity index (χ4n) is 11.0. The second-order valence-corrected chi connectivity index (χ2v) is 18.3. The molecule has 0 spiro atoms. The molecule has 0 N–H and O–H groups in total. The van der Waals surface area contributed by atoms with Gasteiger partial charge in [-0.05, 0) is 192 Å². The summed E-state index contributed by atoms with van der Waals surface area (Å²) >= 11 is 0. The maximum Gasteiger partial charge on any atom is -0.00961 e. The standard InChI is InChI=1S/C52H34.C15H12/c1-3-11-43-33(9-1)25-26-49-46-14-6-8-16-48(46)51(32-52(43)49)42-24-22-37-28-35(18-20-39(37)30-42)34-17-19-38-29-41(23-21-36(38)27-34)50-31-40-10-2-4-12-44(40)45-13-5-7-15-47(45)50;1-11-5-4-8-15-13(11)10-9-12-6-2-3-7-14(12)15/h2-8,10-32H,1,9H2;2-10H,1H3.